The van der Waals surface area contributed by atoms with Gasteiger partial charge in [-0.05, 0) is 31.5 Å². The molecule has 2 aliphatic rings. The van der Waals surface area contributed by atoms with Crippen LogP contribution in [0.25, 0.3) is 0 Å². The SMILES string of the molecule is CCOC(=O)[C@H]1[C@@H]2Oc3cc(C)ccc3C(=O)[C@@H]21. The maximum atomic E-state index is 12.2. The highest BCUT2D eigenvalue weighted by atomic mass is 16.5. The van der Waals surface area contributed by atoms with E-state index in [9.17, 15) is 9.59 Å². The molecule has 0 radical (unpaired) electrons. The van der Waals surface area contributed by atoms with Crippen molar-refractivity contribution in [2.75, 3.05) is 6.61 Å². The Labute approximate surface area is 105 Å². The zero-order valence-electron chi connectivity index (χ0n) is 10.3. The number of fused-ring (bicyclic) bond motifs is 2. The predicted molar refractivity (Wildman–Crippen MR) is 63.5 cm³/mol. The standard InChI is InChI=1S/C14H14O4/c1-3-17-14(16)11-10-12(15)8-5-4-7(2)6-9(8)18-13(10)11/h4-6,10-11,13H,3H2,1-2H3/t10-,11+,13+/m0/s1. The van der Waals surface area contributed by atoms with Crippen molar-refractivity contribution >= 4 is 11.8 Å². The lowest BCUT2D eigenvalue weighted by atomic mass is 10.0. The molecule has 1 fully saturated rings. The molecule has 3 atom stereocenters. The third kappa shape index (κ3) is 1.52. The molecule has 1 aliphatic heterocycles. The quantitative estimate of drug-likeness (QED) is 0.746. The number of esters is 1. The molecule has 0 unspecified atom stereocenters. The Bertz CT molecular complexity index is 535. The molecule has 0 amide bonds. The van der Waals surface area contributed by atoms with Gasteiger partial charge in [0, 0.05) is 0 Å². The maximum absolute atomic E-state index is 12.2. The van der Waals surface area contributed by atoms with Gasteiger partial charge in [0.25, 0.3) is 0 Å². The van der Waals surface area contributed by atoms with Crippen LogP contribution in [0.4, 0.5) is 0 Å². The fourth-order valence-electron chi connectivity index (χ4n) is 2.52. The maximum Gasteiger partial charge on any atom is 0.313 e. The first kappa shape index (κ1) is 11.3. The summed E-state index contributed by atoms with van der Waals surface area (Å²) in [4.78, 5) is 23.9. The molecule has 1 aliphatic carbocycles. The fraction of sp³-hybridized carbons (Fsp3) is 0.429. The van der Waals surface area contributed by atoms with Crippen molar-refractivity contribution in [1.29, 1.82) is 0 Å². The van der Waals surface area contributed by atoms with Crippen LogP contribution in [0.1, 0.15) is 22.8 Å². The number of Topliss-reactive ketones (excluding diaryl/α,β-unsaturated/α-hetero) is 1. The van der Waals surface area contributed by atoms with Crippen molar-refractivity contribution in [3.8, 4) is 5.75 Å². The summed E-state index contributed by atoms with van der Waals surface area (Å²) in [6, 6.07) is 5.48. The van der Waals surface area contributed by atoms with Crippen molar-refractivity contribution in [3.05, 3.63) is 29.3 Å². The summed E-state index contributed by atoms with van der Waals surface area (Å²) in [5.74, 6) is -0.512. The summed E-state index contributed by atoms with van der Waals surface area (Å²) in [7, 11) is 0. The van der Waals surface area contributed by atoms with E-state index >= 15 is 0 Å². The van der Waals surface area contributed by atoms with Crippen LogP contribution in [-0.2, 0) is 9.53 Å². The van der Waals surface area contributed by atoms with Crippen LogP contribution in [-0.4, -0.2) is 24.5 Å². The van der Waals surface area contributed by atoms with Gasteiger partial charge in [-0.3, -0.25) is 9.59 Å². The second kappa shape index (κ2) is 3.83. The summed E-state index contributed by atoms with van der Waals surface area (Å²) in [6.07, 6.45) is -0.328. The van der Waals surface area contributed by atoms with Gasteiger partial charge in [-0.15, -0.1) is 0 Å². The van der Waals surface area contributed by atoms with Crippen LogP contribution in [0.3, 0.4) is 0 Å². The fourth-order valence-corrected chi connectivity index (χ4v) is 2.52. The van der Waals surface area contributed by atoms with E-state index in [0.29, 0.717) is 17.9 Å². The van der Waals surface area contributed by atoms with Crippen molar-refractivity contribution in [3.63, 3.8) is 0 Å². The molecule has 0 saturated heterocycles. The molecular weight excluding hydrogens is 232 g/mol. The highest BCUT2D eigenvalue weighted by molar-refractivity contribution is 6.07. The van der Waals surface area contributed by atoms with Crippen molar-refractivity contribution in [2.45, 2.75) is 20.0 Å². The Balaban J connectivity index is 1.87. The first-order valence-electron chi connectivity index (χ1n) is 6.11. The van der Waals surface area contributed by atoms with E-state index in [4.69, 9.17) is 9.47 Å². The van der Waals surface area contributed by atoms with Crippen molar-refractivity contribution < 1.29 is 19.1 Å². The van der Waals surface area contributed by atoms with E-state index < -0.39 is 5.92 Å². The minimum absolute atomic E-state index is 0.000645. The van der Waals surface area contributed by atoms with Gasteiger partial charge in [0.2, 0.25) is 0 Å². The summed E-state index contributed by atoms with van der Waals surface area (Å²) in [6.45, 7) is 4.02. The van der Waals surface area contributed by atoms with Gasteiger partial charge in [-0.2, -0.15) is 0 Å². The summed E-state index contributed by atoms with van der Waals surface area (Å²) < 4.78 is 10.7. The molecule has 0 N–H and O–H groups in total. The summed E-state index contributed by atoms with van der Waals surface area (Å²) in [5, 5.41) is 0. The van der Waals surface area contributed by atoms with E-state index in [1.807, 2.05) is 19.1 Å². The van der Waals surface area contributed by atoms with Gasteiger partial charge in [0.05, 0.1) is 18.1 Å². The normalized spacial score (nSPS) is 27.9. The topological polar surface area (TPSA) is 52.6 Å². The number of carbonyl (C=O) groups is 2. The van der Waals surface area contributed by atoms with Crippen LogP contribution in [0.15, 0.2) is 18.2 Å². The number of aryl methyl sites for hydroxylation is 1. The zero-order chi connectivity index (χ0) is 12.9. The Hall–Kier alpha value is -1.84. The third-order valence-corrected chi connectivity index (χ3v) is 3.48. The molecule has 94 valence electrons. The van der Waals surface area contributed by atoms with Gasteiger partial charge < -0.3 is 9.47 Å². The van der Waals surface area contributed by atoms with E-state index in [0.717, 1.165) is 5.56 Å². The number of ether oxygens (including phenoxy) is 2. The van der Waals surface area contributed by atoms with E-state index in [2.05, 4.69) is 0 Å². The average molecular weight is 246 g/mol. The van der Waals surface area contributed by atoms with Gasteiger partial charge in [-0.25, -0.2) is 0 Å². The Morgan fingerprint density at radius 1 is 1.44 bits per heavy atom. The van der Waals surface area contributed by atoms with Crippen LogP contribution < -0.4 is 4.74 Å². The largest absolute Gasteiger partial charge is 0.488 e. The molecule has 1 aromatic rings. The molecule has 1 aromatic carbocycles. The van der Waals surface area contributed by atoms with E-state index in [1.54, 1.807) is 13.0 Å². The second-order valence-electron chi connectivity index (χ2n) is 4.75. The smallest absolute Gasteiger partial charge is 0.313 e. The molecule has 1 heterocycles. The lowest BCUT2D eigenvalue weighted by molar-refractivity contribution is -0.145. The molecule has 3 rings (SSSR count). The highest BCUT2D eigenvalue weighted by Gasteiger charge is 2.64. The van der Waals surface area contributed by atoms with Crippen molar-refractivity contribution in [1.82, 2.24) is 0 Å². The monoisotopic (exact) mass is 246 g/mol. The molecule has 1 saturated carbocycles. The number of carbonyl (C=O) groups excluding carboxylic acids is 2. The number of ketones is 1. The highest BCUT2D eigenvalue weighted by Crippen LogP contribution is 2.50. The first-order chi connectivity index (χ1) is 8.63. The molecule has 4 heteroatoms. The van der Waals surface area contributed by atoms with Gasteiger partial charge in [-0.1, -0.05) is 6.07 Å². The Morgan fingerprint density at radius 3 is 2.94 bits per heavy atom. The third-order valence-electron chi connectivity index (χ3n) is 3.48. The molecule has 18 heavy (non-hydrogen) atoms. The van der Waals surface area contributed by atoms with Crippen molar-refractivity contribution in [2.24, 2.45) is 11.8 Å². The Morgan fingerprint density at radius 2 is 2.22 bits per heavy atom. The lowest BCUT2D eigenvalue weighted by Crippen LogP contribution is -2.17. The molecule has 0 bridgehead atoms. The minimum Gasteiger partial charge on any atom is -0.488 e. The van der Waals surface area contributed by atoms with Gasteiger partial charge in [0.1, 0.15) is 17.8 Å². The lowest BCUT2D eigenvalue weighted by Gasteiger charge is -2.15. The molecular formula is C14H14O4. The summed E-state index contributed by atoms with van der Waals surface area (Å²) in [5.41, 5.74) is 1.61. The van der Waals surface area contributed by atoms with Crippen LogP contribution in [0, 0.1) is 18.8 Å². The Kier molecular flexibility index (Phi) is 2.40. The number of rotatable bonds is 2. The van der Waals surface area contributed by atoms with E-state index in [-0.39, 0.29) is 23.8 Å². The number of benzene rings is 1. The average Bonchev–Trinajstić information content (AvgIpc) is 3.03. The van der Waals surface area contributed by atoms with Gasteiger partial charge in [0.15, 0.2) is 5.78 Å². The van der Waals surface area contributed by atoms with Crippen LogP contribution in [0.5, 0.6) is 5.75 Å². The number of hydrogen-bond acceptors (Lipinski definition) is 4. The number of hydrogen-bond donors (Lipinski definition) is 0. The molecule has 4 nitrogen and oxygen atoms in total. The minimum atomic E-state index is -0.426. The molecule has 0 aromatic heterocycles. The molecule has 0 spiro atoms. The predicted octanol–water partition coefficient (Wildman–Crippen LogP) is 1.75. The first-order valence-corrected chi connectivity index (χ1v) is 6.11. The van der Waals surface area contributed by atoms with Crippen LogP contribution in [0.2, 0.25) is 0 Å². The van der Waals surface area contributed by atoms with Crippen LogP contribution >= 0.6 is 0 Å². The van der Waals surface area contributed by atoms with E-state index in [1.165, 1.54) is 0 Å². The second-order valence-corrected chi connectivity index (χ2v) is 4.75. The zero-order valence-corrected chi connectivity index (χ0v) is 10.3. The summed E-state index contributed by atoms with van der Waals surface area (Å²) >= 11 is 0. The van der Waals surface area contributed by atoms with Gasteiger partial charge >= 0.3 is 5.97 Å².